The Hall–Kier alpha value is -2.27. The van der Waals surface area contributed by atoms with Crippen LogP contribution in [0.15, 0.2) is 30.3 Å². The Labute approximate surface area is 125 Å². The number of pyridine rings is 1. The third-order valence-corrected chi connectivity index (χ3v) is 3.57. The van der Waals surface area contributed by atoms with Crippen LogP contribution in [0, 0.1) is 12.7 Å². The molecule has 21 heavy (non-hydrogen) atoms. The average Bonchev–Trinajstić information content (AvgIpc) is 2.65. The number of hydrogen-bond donors (Lipinski definition) is 0. The van der Waals surface area contributed by atoms with Crippen molar-refractivity contribution in [2.45, 2.75) is 13.5 Å². The molecule has 1 amide bonds. The van der Waals surface area contributed by atoms with E-state index in [2.05, 4.69) is 4.98 Å². The fourth-order valence-electron chi connectivity index (χ4n) is 2.30. The molecule has 1 aliphatic rings. The van der Waals surface area contributed by atoms with Gasteiger partial charge in [0.2, 0.25) is 0 Å². The normalized spacial score (nSPS) is 13.8. The number of aryl methyl sites for hydroxylation is 1. The molecule has 0 unspecified atom stereocenters. The molecule has 1 aliphatic heterocycles. The molecule has 6 heteroatoms. The monoisotopic (exact) mass is 304 g/mol. The number of rotatable bonds is 2. The molecule has 2 aromatic rings. The minimum absolute atomic E-state index is 0.111. The van der Waals surface area contributed by atoms with Crippen molar-refractivity contribution in [1.82, 2.24) is 4.98 Å². The Morgan fingerprint density at radius 2 is 2.05 bits per heavy atom. The van der Waals surface area contributed by atoms with E-state index in [1.54, 1.807) is 6.07 Å². The predicted molar refractivity (Wildman–Crippen MR) is 75.9 cm³/mol. The zero-order chi connectivity index (χ0) is 15.1. The third kappa shape index (κ3) is 2.29. The molecule has 2 heterocycles. The first-order valence-electron chi connectivity index (χ1n) is 6.25. The van der Waals surface area contributed by atoms with Crippen LogP contribution >= 0.6 is 11.6 Å². The van der Waals surface area contributed by atoms with Gasteiger partial charge in [-0.15, -0.1) is 0 Å². The fourth-order valence-corrected chi connectivity index (χ4v) is 2.46. The molecule has 106 valence electrons. The average molecular weight is 305 g/mol. The Bertz CT molecular complexity index is 776. The number of carbonyl (C=O) groups excluding carboxylic acids is 2. The summed E-state index contributed by atoms with van der Waals surface area (Å²) < 4.78 is 13.6. The van der Waals surface area contributed by atoms with Crippen molar-refractivity contribution in [3.8, 4) is 0 Å². The Morgan fingerprint density at radius 3 is 2.76 bits per heavy atom. The maximum Gasteiger partial charge on any atom is 0.299 e. The van der Waals surface area contributed by atoms with E-state index < -0.39 is 17.5 Å². The summed E-state index contributed by atoms with van der Waals surface area (Å²) in [6, 6.07) is 7.68. The first kappa shape index (κ1) is 13.7. The molecule has 0 atom stereocenters. The van der Waals surface area contributed by atoms with E-state index in [1.165, 1.54) is 11.0 Å². The summed E-state index contributed by atoms with van der Waals surface area (Å²) in [4.78, 5) is 29.5. The van der Waals surface area contributed by atoms with Crippen LogP contribution in [0.25, 0.3) is 0 Å². The predicted octanol–water partition coefficient (Wildman–Crippen LogP) is 2.91. The SMILES string of the molecule is Cc1cccc(CN2C(=O)C(=O)c3cc(Cl)c(F)cc32)n1. The van der Waals surface area contributed by atoms with E-state index in [0.29, 0.717) is 5.69 Å². The number of aromatic nitrogens is 1. The minimum atomic E-state index is -0.699. The molecule has 1 aromatic heterocycles. The van der Waals surface area contributed by atoms with Crippen molar-refractivity contribution in [1.29, 1.82) is 0 Å². The maximum absolute atomic E-state index is 13.6. The Balaban J connectivity index is 2.03. The second kappa shape index (κ2) is 4.93. The number of nitrogens with zero attached hydrogens (tertiary/aromatic N) is 2. The van der Waals surface area contributed by atoms with Gasteiger partial charge in [-0.25, -0.2) is 4.39 Å². The fraction of sp³-hybridized carbons (Fsp3) is 0.133. The highest BCUT2D eigenvalue weighted by molar-refractivity contribution is 6.52. The number of benzene rings is 1. The molecule has 0 N–H and O–H groups in total. The van der Waals surface area contributed by atoms with Crippen LogP contribution in [0.2, 0.25) is 5.02 Å². The lowest BCUT2D eigenvalue weighted by molar-refractivity contribution is -0.114. The van der Waals surface area contributed by atoms with Crippen molar-refractivity contribution < 1.29 is 14.0 Å². The highest BCUT2D eigenvalue weighted by Gasteiger charge is 2.37. The van der Waals surface area contributed by atoms with Crippen LogP contribution in [-0.4, -0.2) is 16.7 Å². The molecule has 0 aliphatic carbocycles. The number of Topliss-reactive ketones (excluding diaryl/α,β-unsaturated/α-hetero) is 1. The van der Waals surface area contributed by atoms with Gasteiger partial charge in [-0.05, 0) is 31.2 Å². The molecule has 0 saturated carbocycles. The quantitative estimate of drug-likeness (QED) is 0.802. The molecule has 0 bridgehead atoms. The van der Waals surface area contributed by atoms with Gasteiger partial charge in [0.15, 0.2) is 0 Å². The molecule has 0 saturated heterocycles. The van der Waals surface area contributed by atoms with Gasteiger partial charge >= 0.3 is 0 Å². The Kier molecular flexibility index (Phi) is 3.22. The van der Waals surface area contributed by atoms with Crippen LogP contribution in [-0.2, 0) is 11.3 Å². The first-order valence-corrected chi connectivity index (χ1v) is 6.63. The summed E-state index contributed by atoms with van der Waals surface area (Å²) in [5.74, 6) is -2.05. The van der Waals surface area contributed by atoms with Crippen molar-refractivity contribution in [2.24, 2.45) is 0 Å². The number of halogens is 2. The summed E-state index contributed by atoms with van der Waals surface area (Å²) in [5.41, 5.74) is 1.78. The number of anilines is 1. The van der Waals surface area contributed by atoms with Crippen LogP contribution in [0.4, 0.5) is 10.1 Å². The van der Waals surface area contributed by atoms with Gasteiger partial charge in [-0.3, -0.25) is 19.5 Å². The van der Waals surface area contributed by atoms with Gasteiger partial charge in [0.05, 0.1) is 28.5 Å². The molecule has 3 rings (SSSR count). The molecule has 0 spiro atoms. The van der Waals surface area contributed by atoms with E-state index >= 15 is 0 Å². The summed E-state index contributed by atoms with van der Waals surface area (Å²) in [6.45, 7) is 1.94. The highest BCUT2D eigenvalue weighted by Crippen LogP contribution is 2.33. The first-order chi connectivity index (χ1) is 9.97. The number of ketones is 1. The summed E-state index contributed by atoms with van der Waals surface area (Å²) in [7, 11) is 0. The van der Waals surface area contributed by atoms with Gasteiger partial charge < -0.3 is 0 Å². The van der Waals surface area contributed by atoms with Crippen molar-refractivity contribution in [2.75, 3.05) is 4.90 Å². The molecule has 1 aromatic carbocycles. The van der Waals surface area contributed by atoms with Crippen LogP contribution < -0.4 is 4.90 Å². The zero-order valence-corrected chi connectivity index (χ0v) is 11.8. The van der Waals surface area contributed by atoms with Gasteiger partial charge in [0, 0.05) is 5.69 Å². The second-order valence-corrected chi connectivity index (χ2v) is 5.18. The number of carbonyl (C=O) groups is 2. The largest absolute Gasteiger partial charge is 0.299 e. The number of amides is 1. The molecular weight excluding hydrogens is 295 g/mol. The van der Waals surface area contributed by atoms with Gasteiger partial charge in [-0.1, -0.05) is 17.7 Å². The standard InChI is InChI=1S/C15H10ClFN2O2/c1-8-3-2-4-9(18-8)7-19-13-6-12(17)11(16)5-10(13)14(20)15(19)21/h2-6H,7H2,1H3. The van der Waals surface area contributed by atoms with Crippen LogP contribution in [0.1, 0.15) is 21.7 Å². The van der Waals surface area contributed by atoms with E-state index in [9.17, 15) is 14.0 Å². The minimum Gasteiger partial charge on any atom is -0.299 e. The van der Waals surface area contributed by atoms with E-state index in [1.807, 2.05) is 19.1 Å². The van der Waals surface area contributed by atoms with E-state index in [4.69, 9.17) is 11.6 Å². The summed E-state index contributed by atoms with van der Waals surface area (Å²) in [5, 5.41) is -0.176. The van der Waals surface area contributed by atoms with Crippen molar-refractivity contribution in [3.05, 3.63) is 58.1 Å². The van der Waals surface area contributed by atoms with Crippen molar-refractivity contribution in [3.63, 3.8) is 0 Å². The van der Waals surface area contributed by atoms with Gasteiger partial charge in [0.1, 0.15) is 5.82 Å². The molecule has 0 fully saturated rings. The zero-order valence-electron chi connectivity index (χ0n) is 11.1. The third-order valence-electron chi connectivity index (χ3n) is 3.28. The van der Waals surface area contributed by atoms with E-state index in [-0.39, 0.29) is 22.8 Å². The molecular formula is C15H10ClFN2O2. The lowest BCUT2D eigenvalue weighted by Crippen LogP contribution is -2.29. The molecule has 4 nitrogen and oxygen atoms in total. The summed E-state index contributed by atoms with van der Waals surface area (Å²) >= 11 is 5.66. The van der Waals surface area contributed by atoms with Crippen molar-refractivity contribution >= 4 is 29.0 Å². The topological polar surface area (TPSA) is 50.3 Å². The smallest absolute Gasteiger partial charge is 0.299 e. The number of fused-ring (bicyclic) bond motifs is 1. The summed E-state index contributed by atoms with van der Waals surface area (Å²) in [6.07, 6.45) is 0. The highest BCUT2D eigenvalue weighted by atomic mass is 35.5. The maximum atomic E-state index is 13.6. The Morgan fingerprint density at radius 1 is 1.29 bits per heavy atom. The van der Waals surface area contributed by atoms with Gasteiger partial charge in [0.25, 0.3) is 11.7 Å². The number of hydrogen-bond acceptors (Lipinski definition) is 3. The molecule has 0 radical (unpaired) electrons. The lowest BCUT2D eigenvalue weighted by atomic mass is 10.1. The van der Waals surface area contributed by atoms with E-state index in [0.717, 1.165) is 11.8 Å². The van der Waals surface area contributed by atoms with Gasteiger partial charge in [-0.2, -0.15) is 0 Å². The van der Waals surface area contributed by atoms with Crippen LogP contribution in [0.5, 0.6) is 0 Å². The van der Waals surface area contributed by atoms with Crippen LogP contribution in [0.3, 0.4) is 0 Å². The lowest BCUT2D eigenvalue weighted by Gasteiger charge is -2.16. The second-order valence-electron chi connectivity index (χ2n) is 4.77.